The second-order valence-corrected chi connectivity index (χ2v) is 6.45. The van der Waals surface area contributed by atoms with Crippen molar-refractivity contribution < 1.29 is 9.53 Å². The summed E-state index contributed by atoms with van der Waals surface area (Å²) in [7, 11) is 0. The summed E-state index contributed by atoms with van der Waals surface area (Å²) in [5.41, 5.74) is 1.52. The van der Waals surface area contributed by atoms with E-state index in [2.05, 4.69) is 15.6 Å². The summed E-state index contributed by atoms with van der Waals surface area (Å²) in [4.78, 5) is 15.7. The predicted molar refractivity (Wildman–Crippen MR) is 90.9 cm³/mol. The van der Waals surface area contributed by atoms with Gasteiger partial charge in [0.1, 0.15) is 5.60 Å². The van der Waals surface area contributed by atoms with Crippen molar-refractivity contribution in [1.82, 2.24) is 14.9 Å². The standard InChI is InChI=1S/C17H24N4O2/c1-13(11-19-16(22)23-17(2,3)4)20-14-6-5-7-15(10-14)21-9-8-18-12-21/h5-10,12-13,20H,11H2,1-4H3,(H,19,22). The molecule has 0 aliphatic carbocycles. The minimum Gasteiger partial charge on any atom is -0.444 e. The van der Waals surface area contributed by atoms with Crippen LogP contribution in [0.2, 0.25) is 0 Å². The van der Waals surface area contributed by atoms with Crippen LogP contribution in [0.15, 0.2) is 43.0 Å². The van der Waals surface area contributed by atoms with Gasteiger partial charge in [0.25, 0.3) is 0 Å². The molecule has 6 heteroatoms. The Balaban J connectivity index is 1.87. The summed E-state index contributed by atoms with van der Waals surface area (Å²) in [6.45, 7) is 8.01. The van der Waals surface area contributed by atoms with E-state index in [1.807, 2.05) is 62.7 Å². The number of carbonyl (C=O) groups is 1. The predicted octanol–water partition coefficient (Wildman–Crippen LogP) is 3.20. The van der Waals surface area contributed by atoms with E-state index in [0.717, 1.165) is 11.4 Å². The van der Waals surface area contributed by atoms with Crippen LogP contribution in [0, 0.1) is 0 Å². The van der Waals surface area contributed by atoms with Crippen molar-refractivity contribution in [2.24, 2.45) is 0 Å². The second-order valence-electron chi connectivity index (χ2n) is 6.45. The second kappa shape index (κ2) is 7.17. The number of nitrogens with zero attached hydrogens (tertiary/aromatic N) is 2. The average molecular weight is 316 g/mol. The van der Waals surface area contributed by atoms with Gasteiger partial charge in [-0.25, -0.2) is 9.78 Å². The number of hydrogen-bond acceptors (Lipinski definition) is 4. The summed E-state index contributed by atoms with van der Waals surface area (Å²) in [5, 5.41) is 6.12. The molecule has 1 aromatic carbocycles. The molecule has 1 aromatic heterocycles. The van der Waals surface area contributed by atoms with Crippen LogP contribution in [0.3, 0.4) is 0 Å². The highest BCUT2D eigenvalue weighted by atomic mass is 16.6. The molecule has 124 valence electrons. The smallest absolute Gasteiger partial charge is 0.407 e. The fourth-order valence-corrected chi connectivity index (χ4v) is 2.05. The highest BCUT2D eigenvalue weighted by Gasteiger charge is 2.16. The maximum Gasteiger partial charge on any atom is 0.407 e. The van der Waals surface area contributed by atoms with Crippen LogP contribution < -0.4 is 10.6 Å². The average Bonchev–Trinajstić information content (AvgIpc) is 2.98. The van der Waals surface area contributed by atoms with Crippen molar-refractivity contribution in [3.05, 3.63) is 43.0 Å². The fourth-order valence-electron chi connectivity index (χ4n) is 2.05. The van der Waals surface area contributed by atoms with Crippen molar-refractivity contribution in [1.29, 1.82) is 0 Å². The first-order valence-electron chi connectivity index (χ1n) is 7.65. The van der Waals surface area contributed by atoms with Gasteiger partial charge in [-0.15, -0.1) is 0 Å². The molecule has 1 heterocycles. The van der Waals surface area contributed by atoms with Crippen LogP contribution in [0.4, 0.5) is 10.5 Å². The van der Waals surface area contributed by atoms with Crippen LogP contribution in [-0.4, -0.2) is 33.8 Å². The molecular weight excluding hydrogens is 292 g/mol. The summed E-state index contributed by atoms with van der Waals surface area (Å²) in [6, 6.07) is 8.08. The van der Waals surface area contributed by atoms with Gasteiger partial charge in [0.05, 0.1) is 6.33 Å². The van der Waals surface area contributed by atoms with Crippen molar-refractivity contribution in [2.75, 3.05) is 11.9 Å². The normalized spacial score (nSPS) is 12.5. The summed E-state index contributed by atoms with van der Waals surface area (Å²) in [6.07, 6.45) is 4.99. The number of nitrogens with one attached hydrogen (secondary N) is 2. The molecule has 0 saturated heterocycles. The molecule has 0 bridgehead atoms. The molecule has 0 fully saturated rings. The number of anilines is 1. The van der Waals surface area contributed by atoms with Gasteiger partial charge in [0, 0.05) is 36.4 Å². The summed E-state index contributed by atoms with van der Waals surface area (Å²) in [5.74, 6) is 0. The van der Waals surface area contributed by atoms with E-state index in [9.17, 15) is 4.79 Å². The van der Waals surface area contributed by atoms with Gasteiger partial charge < -0.3 is 19.9 Å². The Labute approximate surface area is 136 Å². The first kappa shape index (κ1) is 16.9. The van der Waals surface area contributed by atoms with E-state index in [1.54, 1.807) is 12.5 Å². The molecule has 2 aromatic rings. The Kier molecular flexibility index (Phi) is 5.26. The lowest BCUT2D eigenvalue weighted by Gasteiger charge is -2.21. The van der Waals surface area contributed by atoms with Crippen LogP contribution in [0.25, 0.3) is 5.69 Å². The molecular formula is C17H24N4O2. The minimum atomic E-state index is -0.486. The number of alkyl carbamates (subject to hydrolysis) is 1. The molecule has 0 aliphatic rings. The number of imidazole rings is 1. The molecule has 0 saturated carbocycles. The van der Waals surface area contributed by atoms with E-state index in [0.29, 0.717) is 6.54 Å². The number of hydrogen-bond donors (Lipinski definition) is 2. The third-order valence-electron chi connectivity index (χ3n) is 3.01. The van der Waals surface area contributed by atoms with Crippen LogP contribution in [0.1, 0.15) is 27.7 Å². The van der Waals surface area contributed by atoms with Gasteiger partial charge in [-0.3, -0.25) is 0 Å². The molecule has 1 atom stereocenters. The van der Waals surface area contributed by atoms with E-state index in [1.165, 1.54) is 0 Å². The largest absolute Gasteiger partial charge is 0.444 e. The lowest BCUT2D eigenvalue weighted by atomic mass is 10.2. The van der Waals surface area contributed by atoms with Gasteiger partial charge in [0.2, 0.25) is 0 Å². The van der Waals surface area contributed by atoms with E-state index in [-0.39, 0.29) is 6.04 Å². The Morgan fingerprint density at radius 2 is 2.17 bits per heavy atom. The van der Waals surface area contributed by atoms with Crippen LogP contribution >= 0.6 is 0 Å². The van der Waals surface area contributed by atoms with Gasteiger partial charge in [-0.2, -0.15) is 0 Å². The highest BCUT2D eigenvalue weighted by molar-refractivity contribution is 5.67. The zero-order chi connectivity index (χ0) is 16.9. The Morgan fingerprint density at radius 1 is 1.39 bits per heavy atom. The van der Waals surface area contributed by atoms with Gasteiger partial charge in [-0.1, -0.05) is 6.07 Å². The number of benzene rings is 1. The number of ether oxygens (including phenoxy) is 1. The van der Waals surface area contributed by atoms with Crippen molar-refractivity contribution >= 4 is 11.8 Å². The number of carbonyl (C=O) groups excluding carboxylic acids is 1. The minimum absolute atomic E-state index is 0.0700. The quantitative estimate of drug-likeness (QED) is 0.889. The first-order valence-corrected chi connectivity index (χ1v) is 7.65. The summed E-state index contributed by atoms with van der Waals surface area (Å²) >= 11 is 0. The Bertz CT molecular complexity index is 632. The van der Waals surface area contributed by atoms with Crippen LogP contribution in [0.5, 0.6) is 0 Å². The Hall–Kier alpha value is -2.50. The molecule has 1 amide bonds. The topological polar surface area (TPSA) is 68.2 Å². The monoisotopic (exact) mass is 316 g/mol. The maximum absolute atomic E-state index is 11.7. The Morgan fingerprint density at radius 3 is 2.83 bits per heavy atom. The van der Waals surface area contributed by atoms with E-state index in [4.69, 9.17) is 4.74 Å². The number of rotatable bonds is 5. The lowest BCUT2D eigenvalue weighted by molar-refractivity contribution is 0.0526. The zero-order valence-corrected chi connectivity index (χ0v) is 14.0. The van der Waals surface area contributed by atoms with Crippen molar-refractivity contribution in [3.63, 3.8) is 0 Å². The van der Waals surface area contributed by atoms with Crippen molar-refractivity contribution in [2.45, 2.75) is 39.3 Å². The molecule has 23 heavy (non-hydrogen) atoms. The number of amides is 1. The zero-order valence-electron chi connectivity index (χ0n) is 14.0. The highest BCUT2D eigenvalue weighted by Crippen LogP contribution is 2.15. The van der Waals surface area contributed by atoms with Gasteiger partial charge >= 0.3 is 6.09 Å². The van der Waals surface area contributed by atoms with Crippen molar-refractivity contribution in [3.8, 4) is 5.69 Å². The molecule has 6 nitrogen and oxygen atoms in total. The SMILES string of the molecule is CC(CNC(=O)OC(C)(C)C)Nc1cccc(-n2ccnc2)c1. The van der Waals surface area contributed by atoms with E-state index >= 15 is 0 Å². The van der Waals surface area contributed by atoms with Gasteiger partial charge in [0.15, 0.2) is 0 Å². The maximum atomic E-state index is 11.7. The van der Waals surface area contributed by atoms with Gasteiger partial charge in [-0.05, 0) is 45.9 Å². The third kappa shape index (κ3) is 5.65. The molecule has 0 aliphatic heterocycles. The molecule has 2 N–H and O–H groups in total. The van der Waals surface area contributed by atoms with E-state index < -0.39 is 11.7 Å². The fraction of sp³-hybridized carbons (Fsp3) is 0.412. The lowest BCUT2D eigenvalue weighted by Crippen LogP contribution is -2.38. The summed E-state index contributed by atoms with van der Waals surface area (Å²) < 4.78 is 7.16. The first-order chi connectivity index (χ1) is 10.8. The number of aromatic nitrogens is 2. The molecule has 0 radical (unpaired) electrons. The van der Waals surface area contributed by atoms with Crippen LogP contribution in [-0.2, 0) is 4.74 Å². The molecule has 1 unspecified atom stereocenters. The molecule has 2 rings (SSSR count). The third-order valence-corrected chi connectivity index (χ3v) is 3.01. The molecule has 0 spiro atoms.